The predicted molar refractivity (Wildman–Crippen MR) is 76.5 cm³/mol. The minimum atomic E-state index is -0.377. The molecule has 0 aliphatic heterocycles. The van der Waals surface area contributed by atoms with Gasteiger partial charge in [0.05, 0.1) is 12.1 Å². The van der Waals surface area contributed by atoms with Gasteiger partial charge in [-0.3, -0.25) is 0 Å². The molecule has 0 fully saturated rings. The van der Waals surface area contributed by atoms with Crippen LogP contribution >= 0.6 is 21.6 Å². The van der Waals surface area contributed by atoms with Crippen LogP contribution in [0.1, 0.15) is 0 Å². The van der Waals surface area contributed by atoms with Crippen molar-refractivity contribution in [1.82, 2.24) is 0 Å². The number of ether oxygens (including phenoxy) is 4. The van der Waals surface area contributed by atoms with E-state index in [2.05, 4.69) is 0 Å². The first-order valence-corrected chi connectivity index (χ1v) is 7.96. The molecule has 0 aliphatic carbocycles. The third-order valence-electron chi connectivity index (χ3n) is 2.23. The molecule has 0 aliphatic rings. The number of rotatable bonds is 11. The molecule has 0 heterocycles. The summed E-state index contributed by atoms with van der Waals surface area (Å²) in [5.41, 5.74) is 11.8. The first-order valence-electron chi connectivity index (χ1n) is 5.47. The smallest absolute Gasteiger partial charge is 0.172 e. The molecule has 2 atom stereocenters. The minimum Gasteiger partial charge on any atom is -0.354 e. The van der Waals surface area contributed by atoms with Crippen LogP contribution in [-0.2, 0) is 18.9 Å². The lowest BCUT2D eigenvalue weighted by molar-refractivity contribution is -0.112. The van der Waals surface area contributed by atoms with Gasteiger partial charge < -0.3 is 30.4 Å². The van der Waals surface area contributed by atoms with Crippen molar-refractivity contribution in [2.24, 2.45) is 11.5 Å². The molecule has 0 rings (SSSR count). The zero-order valence-corrected chi connectivity index (χ0v) is 13.0. The van der Waals surface area contributed by atoms with Crippen molar-refractivity contribution in [3.8, 4) is 0 Å². The average molecular weight is 300 g/mol. The van der Waals surface area contributed by atoms with Crippen LogP contribution in [0.25, 0.3) is 0 Å². The van der Waals surface area contributed by atoms with Crippen LogP contribution in [0.15, 0.2) is 0 Å². The summed E-state index contributed by atoms with van der Waals surface area (Å²) in [6.45, 7) is 0. The molecule has 0 saturated carbocycles. The molecule has 0 radical (unpaired) electrons. The van der Waals surface area contributed by atoms with E-state index in [1.54, 1.807) is 50.0 Å². The quantitative estimate of drug-likeness (QED) is 0.319. The lowest BCUT2D eigenvalue weighted by atomic mass is 10.3. The van der Waals surface area contributed by atoms with E-state index in [0.717, 1.165) is 0 Å². The highest BCUT2D eigenvalue weighted by atomic mass is 33.1. The van der Waals surface area contributed by atoms with Crippen LogP contribution in [0.4, 0.5) is 0 Å². The van der Waals surface area contributed by atoms with Crippen LogP contribution in [0.3, 0.4) is 0 Å². The second-order valence-corrected chi connectivity index (χ2v) is 6.13. The Bertz CT molecular complexity index is 175. The Kier molecular flexibility index (Phi) is 11.6. The average Bonchev–Trinajstić information content (AvgIpc) is 2.37. The first kappa shape index (κ1) is 18.5. The van der Waals surface area contributed by atoms with Gasteiger partial charge >= 0.3 is 0 Å². The molecule has 110 valence electrons. The van der Waals surface area contributed by atoms with E-state index in [4.69, 9.17) is 30.4 Å². The van der Waals surface area contributed by atoms with Gasteiger partial charge in [0.2, 0.25) is 0 Å². The lowest BCUT2D eigenvalue weighted by Crippen LogP contribution is -2.40. The number of nitrogens with two attached hydrogens (primary N) is 2. The van der Waals surface area contributed by atoms with Gasteiger partial charge in [-0.15, -0.1) is 0 Å². The van der Waals surface area contributed by atoms with E-state index in [1.165, 1.54) is 0 Å². The maximum atomic E-state index is 5.90. The first-order chi connectivity index (χ1) is 8.60. The van der Waals surface area contributed by atoms with Gasteiger partial charge in [0.25, 0.3) is 0 Å². The normalized spacial score (nSPS) is 15.3. The fourth-order valence-corrected chi connectivity index (χ4v) is 3.64. The number of hydrogen-bond donors (Lipinski definition) is 2. The third-order valence-corrected chi connectivity index (χ3v) is 4.76. The van der Waals surface area contributed by atoms with E-state index < -0.39 is 0 Å². The van der Waals surface area contributed by atoms with E-state index in [9.17, 15) is 0 Å². The van der Waals surface area contributed by atoms with E-state index in [-0.39, 0.29) is 24.7 Å². The predicted octanol–water partition coefficient (Wildman–Crippen LogP) is 0.260. The summed E-state index contributed by atoms with van der Waals surface area (Å²) in [4.78, 5) is 0. The molecule has 2 unspecified atom stereocenters. The van der Waals surface area contributed by atoms with Crippen LogP contribution in [0.2, 0.25) is 0 Å². The topological polar surface area (TPSA) is 89.0 Å². The van der Waals surface area contributed by atoms with E-state index >= 15 is 0 Å². The molecule has 4 N–H and O–H groups in total. The van der Waals surface area contributed by atoms with Gasteiger partial charge in [-0.25, -0.2) is 0 Å². The molecular weight excluding hydrogens is 276 g/mol. The zero-order valence-electron chi connectivity index (χ0n) is 11.3. The van der Waals surface area contributed by atoms with Crippen molar-refractivity contribution < 1.29 is 18.9 Å². The summed E-state index contributed by atoms with van der Waals surface area (Å²) in [6, 6.07) is -0.344. The van der Waals surface area contributed by atoms with Gasteiger partial charge in [0.1, 0.15) is 0 Å². The Labute approximate surface area is 117 Å². The second kappa shape index (κ2) is 11.3. The van der Waals surface area contributed by atoms with Crippen molar-refractivity contribution in [3.05, 3.63) is 0 Å². The van der Waals surface area contributed by atoms with E-state index in [1.807, 2.05) is 0 Å². The van der Waals surface area contributed by atoms with Crippen molar-refractivity contribution >= 4 is 21.6 Å². The molecule has 0 aromatic rings. The second-order valence-electron chi connectivity index (χ2n) is 3.58. The van der Waals surface area contributed by atoms with Crippen LogP contribution in [0, 0.1) is 0 Å². The molecule has 0 bridgehead atoms. The van der Waals surface area contributed by atoms with Crippen LogP contribution < -0.4 is 11.5 Å². The van der Waals surface area contributed by atoms with Crippen LogP contribution in [0.5, 0.6) is 0 Å². The largest absolute Gasteiger partial charge is 0.354 e. The van der Waals surface area contributed by atoms with Crippen molar-refractivity contribution in [3.63, 3.8) is 0 Å². The standard InChI is InChI=1S/C10H24N2O4S2/c1-13-9(14-2)7(11)5-17-18-6-8(12)10(15-3)16-4/h7-10H,5-6,11-12H2,1-4H3. The Balaban J connectivity index is 3.72. The fraction of sp³-hybridized carbons (Fsp3) is 1.00. The van der Waals surface area contributed by atoms with Gasteiger partial charge in [0, 0.05) is 39.9 Å². The summed E-state index contributed by atoms with van der Waals surface area (Å²) in [5.74, 6) is 1.43. The van der Waals surface area contributed by atoms with Gasteiger partial charge in [-0.1, -0.05) is 21.6 Å². The summed E-state index contributed by atoms with van der Waals surface area (Å²) in [6.07, 6.45) is -0.755. The SMILES string of the molecule is COC(OC)C(N)CSSCC(N)C(OC)OC. The highest BCUT2D eigenvalue weighted by molar-refractivity contribution is 8.76. The van der Waals surface area contributed by atoms with Gasteiger partial charge in [-0.05, 0) is 0 Å². The molecule has 6 nitrogen and oxygen atoms in total. The summed E-state index contributed by atoms with van der Waals surface area (Å²) < 4.78 is 20.3. The maximum absolute atomic E-state index is 5.90. The van der Waals surface area contributed by atoms with Crippen molar-refractivity contribution in [1.29, 1.82) is 0 Å². The third kappa shape index (κ3) is 7.15. The molecule has 8 heteroatoms. The summed E-state index contributed by atoms with van der Waals surface area (Å²) in [5, 5.41) is 0. The summed E-state index contributed by atoms with van der Waals surface area (Å²) >= 11 is 0. The zero-order chi connectivity index (χ0) is 14.0. The molecule has 0 aromatic heterocycles. The molecule has 0 spiro atoms. The maximum Gasteiger partial charge on any atom is 0.172 e. The Morgan fingerprint density at radius 1 is 0.722 bits per heavy atom. The van der Waals surface area contributed by atoms with Gasteiger partial charge in [-0.2, -0.15) is 0 Å². The molecule has 0 aromatic carbocycles. The fourth-order valence-electron chi connectivity index (χ4n) is 1.30. The molecule has 0 amide bonds. The Morgan fingerprint density at radius 2 is 1.00 bits per heavy atom. The Hall–Kier alpha value is 0.460. The number of hydrogen-bond acceptors (Lipinski definition) is 8. The summed E-state index contributed by atoms with van der Waals surface area (Å²) in [7, 11) is 9.55. The number of methoxy groups -OCH3 is 4. The monoisotopic (exact) mass is 300 g/mol. The van der Waals surface area contributed by atoms with E-state index in [0.29, 0.717) is 11.5 Å². The molecule has 18 heavy (non-hydrogen) atoms. The minimum absolute atomic E-state index is 0.172. The van der Waals surface area contributed by atoms with Crippen LogP contribution in [-0.4, -0.2) is 64.6 Å². The lowest BCUT2D eigenvalue weighted by Gasteiger charge is -2.22. The molecule has 0 saturated heterocycles. The Morgan fingerprint density at radius 3 is 1.22 bits per heavy atom. The highest BCUT2D eigenvalue weighted by Gasteiger charge is 2.18. The van der Waals surface area contributed by atoms with Crippen molar-refractivity contribution in [2.45, 2.75) is 24.7 Å². The van der Waals surface area contributed by atoms with Crippen molar-refractivity contribution in [2.75, 3.05) is 39.9 Å². The van der Waals surface area contributed by atoms with Gasteiger partial charge in [0.15, 0.2) is 12.6 Å². The highest BCUT2D eigenvalue weighted by Crippen LogP contribution is 2.24. The molecular formula is C10H24N2O4S2.